The predicted molar refractivity (Wildman–Crippen MR) is 91.9 cm³/mol. The number of allylic oxidation sites excluding steroid dienone is 4. The monoisotopic (exact) mass is 363 g/mol. The second-order valence-electron chi connectivity index (χ2n) is 4.17. The van der Waals surface area contributed by atoms with E-state index < -0.39 is 0 Å². The summed E-state index contributed by atoms with van der Waals surface area (Å²) in [6.45, 7) is 7.87. The van der Waals surface area contributed by atoms with Gasteiger partial charge in [-0.2, -0.15) is 0 Å². The van der Waals surface area contributed by atoms with Gasteiger partial charge in [-0.1, -0.05) is 53.0 Å². The molecular weight excluding hydrogens is 350 g/mol. The van der Waals surface area contributed by atoms with Crippen LogP contribution in [0.5, 0.6) is 0 Å². The average Bonchev–Trinajstić information content (AvgIpc) is 2.52. The van der Waals surface area contributed by atoms with E-state index in [1.807, 2.05) is 6.26 Å². The highest BCUT2D eigenvalue weighted by Crippen LogP contribution is 2.18. The van der Waals surface area contributed by atoms with E-state index in [-0.39, 0.29) is 5.56 Å². The van der Waals surface area contributed by atoms with Crippen LogP contribution in [0.25, 0.3) is 11.0 Å². The molecule has 2 aromatic heterocycles. The molecule has 0 aliphatic heterocycles. The van der Waals surface area contributed by atoms with Crippen molar-refractivity contribution >= 4 is 38.7 Å². The summed E-state index contributed by atoms with van der Waals surface area (Å²) in [7, 11) is 0. The molecular formula is C15H14BrN3OS. The molecule has 0 unspecified atom stereocenters. The molecule has 6 heteroatoms. The summed E-state index contributed by atoms with van der Waals surface area (Å²) in [6.07, 6.45) is 7.00. The van der Waals surface area contributed by atoms with Gasteiger partial charge in [0.1, 0.15) is 5.65 Å². The van der Waals surface area contributed by atoms with Gasteiger partial charge in [0, 0.05) is 22.1 Å². The maximum absolute atomic E-state index is 12.2. The first-order chi connectivity index (χ1) is 10.1. The molecule has 0 saturated heterocycles. The standard InChI is InChI=1S/C15H14BrN3OS/c1-4-10(12(16)5-2)9-19-13(20)7-6-11-8-17-15(21-3)18-14(11)19/h4-8H,1-2,9H2,3H3/b12-10-. The van der Waals surface area contributed by atoms with E-state index >= 15 is 0 Å². The Morgan fingerprint density at radius 2 is 2.19 bits per heavy atom. The number of nitrogens with zero attached hydrogens (tertiary/aromatic N) is 3. The minimum absolute atomic E-state index is 0.114. The van der Waals surface area contributed by atoms with E-state index in [2.05, 4.69) is 39.1 Å². The lowest BCUT2D eigenvalue weighted by molar-refractivity contribution is 0.771. The van der Waals surface area contributed by atoms with Crippen LogP contribution in [-0.4, -0.2) is 20.8 Å². The Hall–Kier alpha value is -1.66. The average molecular weight is 364 g/mol. The van der Waals surface area contributed by atoms with Gasteiger partial charge in [0.05, 0.1) is 6.54 Å². The fourth-order valence-corrected chi connectivity index (χ4v) is 2.47. The molecule has 0 atom stereocenters. The number of rotatable bonds is 5. The lowest BCUT2D eigenvalue weighted by atomic mass is 10.2. The molecule has 0 radical (unpaired) electrons. The van der Waals surface area contributed by atoms with Gasteiger partial charge in [0.15, 0.2) is 5.16 Å². The van der Waals surface area contributed by atoms with E-state index in [9.17, 15) is 4.79 Å². The van der Waals surface area contributed by atoms with Crippen LogP contribution in [0.3, 0.4) is 0 Å². The maximum atomic E-state index is 12.2. The zero-order valence-electron chi connectivity index (χ0n) is 11.5. The van der Waals surface area contributed by atoms with Crippen LogP contribution < -0.4 is 5.56 Å². The van der Waals surface area contributed by atoms with Crippen LogP contribution in [0.15, 0.2) is 63.6 Å². The van der Waals surface area contributed by atoms with Crippen molar-refractivity contribution in [2.45, 2.75) is 11.7 Å². The third-order valence-electron chi connectivity index (χ3n) is 2.94. The number of halogens is 1. The van der Waals surface area contributed by atoms with Gasteiger partial charge in [-0.25, -0.2) is 9.97 Å². The van der Waals surface area contributed by atoms with Crippen LogP contribution in [0.4, 0.5) is 0 Å². The smallest absolute Gasteiger partial charge is 0.252 e. The number of aromatic nitrogens is 3. The van der Waals surface area contributed by atoms with Crippen molar-refractivity contribution in [1.82, 2.24) is 14.5 Å². The molecule has 2 rings (SSSR count). The molecule has 21 heavy (non-hydrogen) atoms. The maximum Gasteiger partial charge on any atom is 0.252 e. The van der Waals surface area contributed by atoms with Crippen molar-refractivity contribution in [1.29, 1.82) is 0 Å². The molecule has 0 spiro atoms. The number of hydrogen-bond acceptors (Lipinski definition) is 4. The molecule has 4 nitrogen and oxygen atoms in total. The fraction of sp³-hybridized carbons (Fsp3) is 0.133. The summed E-state index contributed by atoms with van der Waals surface area (Å²) in [5.41, 5.74) is 1.37. The topological polar surface area (TPSA) is 47.8 Å². The third kappa shape index (κ3) is 3.33. The summed E-state index contributed by atoms with van der Waals surface area (Å²) < 4.78 is 2.42. The van der Waals surface area contributed by atoms with E-state index in [1.165, 1.54) is 17.8 Å². The van der Waals surface area contributed by atoms with Gasteiger partial charge >= 0.3 is 0 Å². The Morgan fingerprint density at radius 3 is 2.81 bits per heavy atom. The van der Waals surface area contributed by atoms with Gasteiger partial charge in [0.2, 0.25) is 0 Å². The minimum atomic E-state index is -0.114. The quantitative estimate of drug-likeness (QED) is 0.463. The second kappa shape index (κ2) is 6.87. The number of thioether (sulfide) groups is 1. The normalized spacial score (nSPS) is 12.1. The molecule has 0 aliphatic rings. The Balaban J connectivity index is 2.67. The van der Waals surface area contributed by atoms with Crippen molar-refractivity contribution in [3.63, 3.8) is 0 Å². The van der Waals surface area contributed by atoms with Gasteiger partial charge in [-0.05, 0) is 17.9 Å². The van der Waals surface area contributed by atoms with Crippen LogP contribution in [0.2, 0.25) is 0 Å². The molecule has 0 fully saturated rings. The van der Waals surface area contributed by atoms with E-state index in [0.29, 0.717) is 17.3 Å². The summed E-state index contributed by atoms with van der Waals surface area (Å²) >= 11 is 4.85. The molecule has 0 bridgehead atoms. The zero-order valence-corrected chi connectivity index (χ0v) is 13.9. The summed E-state index contributed by atoms with van der Waals surface area (Å²) in [5, 5.41) is 1.46. The summed E-state index contributed by atoms with van der Waals surface area (Å²) in [5.74, 6) is 0. The van der Waals surface area contributed by atoms with Crippen LogP contribution in [0, 0.1) is 0 Å². The van der Waals surface area contributed by atoms with Crippen LogP contribution >= 0.6 is 27.7 Å². The molecule has 0 aliphatic carbocycles. The third-order valence-corrected chi connectivity index (χ3v) is 4.34. The summed E-state index contributed by atoms with van der Waals surface area (Å²) in [6, 6.07) is 3.26. The highest BCUT2D eigenvalue weighted by atomic mass is 79.9. The van der Waals surface area contributed by atoms with Crippen molar-refractivity contribution in [2.24, 2.45) is 0 Å². The van der Waals surface area contributed by atoms with Gasteiger partial charge in [0.25, 0.3) is 5.56 Å². The van der Waals surface area contributed by atoms with Gasteiger partial charge in [-0.3, -0.25) is 9.36 Å². The largest absolute Gasteiger partial charge is 0.288 e. The SMILES string of the molecule is C=C/C(Br)=C(\C=C)Cn1c(=O)ccc2cnc(SC)nc21. The molecule has 2 aromatic rings. The molecule has 0 aromatic carbocycles. The van der Waals surface area contributed by atoms with Gasteiger partial charge in [-0.15, -0.1) is 0 Å². The molecule has 0 N–H and O–H groups in total. The highest BCUT2D eigenvalue weighted by Gasteiger charge is 2.08. The molecule has 2 heterocycles. The van der Waals surface area contributed by atoms with Crippen molar-refractivity contribution in [2.75, 3.05) is 6.26 Å². The fourth-order valence-electron chi connectivity index (χ4n) is 1.85. The predicted octanol–water partition coefficient (Wildman–Crippen LogP) is 3.53. The Morgan fingerprint density at radius 1 is 1.43 bits per heavy atom. The van der Waals surface area contributed by atoms with E-state index in [0.717, 1.165) is 15.4 Å². The number of hydrogen-bond donors (Lipinski definition) is 0. The first-order valence-corrected chi connectivity index (χ1v) is 8.16. The Kier molecular flexibility index (Phi) is 5.14. The van der Waals surface area contributed by atoms with Crippen LogP contribution in [0.1, 0.15) is 0 Å². The minimum Gasteiger partial charge on any atom is -0.288 e. The zero-order chi connectivity index (χ0) is 15.4. The van der Waals surface area contributed by atoms with Crippen molar-refractivity contribution in [3.05, 3.63) is 64.0 Å². The first-order valence-electron chi connectivity index (χ1n) is 6.14. The summed E-state index contributed by atoms with van der Waals surface area (Å²) in [4.78, 5) is 20.9. The lowest BCUT2D eigenvalue weighted by Crippen LogP contribution is -2.21. The van der Waals surface area contributed by atoms with Crippen LogP contribution in [-0.2, 0) is 6.54 Å². The number of fused-ring (bicyclic) bond motifs is 1. The lowest BCUT2D eigenvalue weighted by Gasteiger charge is -2.11. The van der Waals surface area contributed by atoms with Crippen molar-refractivity contribution < 1.29 is 0 Å². The second-order valence-corrected chi connectivity index (χ2v) is 5.80. The van der Waals surface area contributed by atoms with Gasteiger partial charge < -0.3 is 0 Å². The Bertz CT molecular complexity index is 795. The van der Waals surface area contributed by atoms with E-state index in [4.69, 9.17) is 0 Å². The first kappa shape index (κ1) is 15.7. The Labute approximate surface area is 135 Å². The molecule has 108 valence electrons. The van der Waals surface area contributed by atoms with E-state index in [1.54, 1.807) is 29.0 Å². The van der Waals surface area contributed by atoms with Crippen molar-refractivity contribution in [3.8, 4) is 0 Å². The molecule has 0 saturated carbocycles. The molecule has 0 amide bonds. The highest BCUT2D eigenvalue weighted by molar-refractivity contribution is 9.11. The number of pyridine rings is 1.